The zero-order chi connectivity index (χ0) is 32.6. The van der Waals surface area contributed by atoms with E-state index in [9.17, 15) is 9.59 Å². The van der Waals surface area contributed by atoms with Gasteiger partial charge in [0.2, 0.25) is 8.32 Å². The number of carbonyl (C=O) groups is 2. The van der Waals surface area contributed by atoms with Crippen LogP contribution in [0, 0.1) is 12.8 Å². The van der Waals surface area contributed by atoms with Gasteiger partial charge in [0, 0.05) is 12.0 Å². The molecule has 9 heteroatoms. The summed E-state index contributed by atoms with van der Waals surface area (Å²) in [5, 5.41) is -0.162. The summed E-state index contributed by atoms with van der Waals surface area (Å²) >= 11 is 0. The van der Waals surface area contributed by atoms with Crippen LogP contribution in [-0.4, -0.2) is 50.4 Å². The zero-order valence-electron chi connectivity index (χ0n) is 29.5. The molecule has 0 heterocycles. The summed E-state index contributed by atoms with van der Waals surface area (Å²) in [5.41, 5.74) is 2.03. The van der Waals surface area contributed by atoms with Crippen molar-refractivity contribution in [3.63, 3.8) is 0 Å². The summed E-state index contributed by atoms with van der Waals surface area (Å²) in [6.07, 6.45) is 0.901. The van der Waals surface area contributed by atoms with Crippen LogP contribution in [0.5, 0.6) is 11.5 Å². The molecule has 0 unspecified atom stereocenters. The third-order valence-corrected chi connectivity index (χ3v) is 23.0. The van der Waals surface area contributed by atoms with Crippen molar-refractivity contribution in [1.29, 1.82) is 0 Å². The average molecular weight is 625 g/mol. The Kier molecular flexibility index (Phi) is 11.6. The molecule has 0 N–H and O–H groups in total. The molecule has 0 aromatic heterocycles. The lowest BCUT2D eigenvalue weighted by atomic mass is 9.91. The van der Waals surface area contributed by atoms with Crippen molar-refractivity contribution in [2.75, 3.05) is 7.11 Å². The highest BCUT2D eigenvalue weighted by Gasteiger charge is 2.44. The summed E-state index contributed by atoms with van der Waals surface area (Å²) < 4.78 is 26.0. The van der Waals surface area contributed by atoms with Crippen molar-refractivity contribution < 1.29 is 27.6 Å². The number of aldehydes is 1. The molecule has 0 aliphatic heterocycles. The molecular weight excluding hydrogens is 565 g/mol. The van der Waals surface area contributed by atoms with Crippen LogP contribution >= 0.6 is 0 Å². The first-order valence-electron chi connectivity index (χ1n) is 14.9. The SMILES string of the molecule is COC(=O)c1c(O[Si](C)(C)C(C)(C)C)cc(O[Si](C)(C)C(C)(C)C)c(C)c1C[C@@H](O[Si](C)(C)C(C)(C)C)[C@H](C)C=O. The number of carbonyl (C=O) groups excluding carboxylic acids is 2. The largest absolute Gasteiger partial charge is 0.543 e. The fourth-order valence-electron chi connectivity index (χ4n) is 3.59. The van der Waals surface area contributed by atoms with Gasteiger partial charge in [-0.15, -0.1) is 0 Å². The first-order valence-corrected chi connectivity index (χ1v) is 23.6. The summed E-state index contributed by atoms with van der Waals surface area (Å²) in [4.78, 5) is 25.7. The monoisotopic (exact) mass is 624 g/mol. The van der Waals surface area contributed by atoms with Gasteiger partial charge in [-0.1, -0.05) is 69.2 Å². The van der Waals surface area contributed by atoms with Crippen LogP contribution < -0.4 is 8.85 Å². The van der Waals surface area contributed by atoms with E-state index in [0.717, 1.165) is 23.2 Å². The molecule has 0 amide bonds. The van der Waals surface area contributed by atoms with Gasteiger partial charge in [0.1, 0.15) is 23.3 Å². The Morgan fingerprint density at radius 1 is 0.805 bits per heavy atom. The number of benzene rings is 1. The highest BCUT2D eigenvalue weighted by atomic mass is 28.4. The van der Waals surface area contributed by atoms with E-state index >= 15 is 0 Å². The minimum atomic E-state index is -2.36. The van der Waals surface area contributed by atoms with Crippen LogP contribution in [0.3, 0.4) is 0 Å². The molecule has 0 spiro atoms. The second-order valence-electron chi connectivity index (χ2n) is 16.2. The highest BCUT2D eigenvalue weighted by Crippen LogP contribution is 2.45. The first-order chi connectivity index (χ1) is 18.1. The summed E-state index contributed by atoms with van der Waals surface area (Å²) in [7, 11) is -5.45. The van der Waals surface area contributed by atoms with Crippen molar-refractivity contribution in [2.45, 2.75) is 143 Å². The molecule has 0 saturated carbocycles. The van der Waals surface area contributed by atoms with Gasteiger partial charge in [-0.3, -0.25) is 0 Å². The van der Waals surface area contributed by atoms with E-state index in [1.165, 1.54) is 7.11 Å². The van der Waals surface area contributed by atoms with Crippen molar-refractivity contribution in [3.05, 3.63) is 22.8 Å². The van der Waals surface area contributed by atoms with Crippen LogP contribution in [0.25, 0.3) is 0 Å². The highest BCUT2D eigenvalue weighted by molar-refractivity contribution is 6.75. The van der Waals surface area contributed by atoms with E-state index < -0.39 is 37.0 Å². The zero-order valence-corrected chi connectivity index (χ0v) is 32.5. The lowest BCUT2D eigenvalue weighted by Gasteiger charge is -2.41. The van der Waals surface area contributed by atoms with Crippen LogP contribution in [0.15, 0.2) is 6.07 Å². The third kappa shape index (κ3) is 8.80. The van der Waals surface area contributed by atoms with E-state index in [-0.39, 0.29) is 21.0 Å². The Labute approximate surface area is 254 Å². The second kappa shape index (κ2) is 12.7. The molecule has 0 saturated heterocycles. The third-order valence-electron chi connectivity index (χ3n) is 9.82. The predicted molar refractivity (Wildman–Crippen MR) is 179 cm³/mol. The minimum Gasteiger partial charge on any atom is -0.543 e. The summed E-state index contributed by atoms with van der Waals surface area (Å²) in [5.74, 6) is 0.379. The van der Waals surface area contributed by atoms with Gasteiger partial charge >= 0.3 is 5.97 Å². The van der Waals surface area contributed by atoms with Crippen molar-refractivity contribution in [1.82, 2.24) is 0 Å². The maximum absolute atomic E-state index is 13.5. The predicted octanol–water partition coefficient (Wildman–Crippen LogP) is 9.32. The van der Waals surface area contributed by atoms with E-state index in [2.05, 4.69) is 102 Å². The van der Waals surface area contributed by atoms with Crippen LogP contribution in [0.2, 0.25) is 54.4 Å². The van der Waals surface area contributed by atoms with Gasteiger partial charge in [-0.25, -0.2) is 4.79 Å². The Hall–Kier alpha value is -1.43. The molecule has 0 radical (unpaired) electrons. The maximum Gasteiger partial charge on any atom is 0.341 e. The van der Waals surface area contributed by atoms with Crippen LogP contribution in [0.1, 0.15) is 90.7 Å². The molecule has 1 aromatic rings. The molecule has 0 bridgehead atoms. The molecule has 6 nitrogen and oxygen atoms in total. The van der Waals surface area contributed by atoms with E-state index in [0.29, 0.717) is 17.7 Å². The molecule has 1 rings (SSSR count). The van der Waals surface area contributed by atoms with Crippen molar-refractivity contribution in [3.8, 4) is 11.5 Å². The molecular formula is C32H60O6Si3. The Balaban J connectivity index is 4.10. The van der Waals surface area contributed by atoms with Gasteiger partial charge in [0.25, 0.3) is 8.32 Å². The molecule has 1 aromatic carbocycles. The second-order valence-corrected chi connectivity index (χ2v) is 30.4. The molecule has 236 valence electrons. The number of rotatable bonds is 11. The van der Waals surface area contributed by atoms with Gasteiger partial charge in [-0.05, 0) is 78.9 Å². The quantitative estimate of drug-likeness (QED) is 0.139. The molecule has 0 aliphatic rings. The molecule has 2 atom stereocenters. The smallest absolute Gasteiger partial charge is 0.341 e. The van der Waals surface area contributed by atoms with Crippen molar-refractivity contribution >= 4 is 37.2 Å². The van der Waals surface area contributed by atoms with Crippen LogP contribution in [-0.2, 0) is 20.4 Å². The van der Waals surface area contributed by atoms with Gasteiger partial charge in [0.15, 0.2) is 8.32 Å². The number of hydrogen-bond acceptors (Lipinski definition) is 6. The summed E-state index contributed by atoms with van der Waals surface area (Å²) in [6.45, 7) is 36.7. The topological polar surface area (TPSA) is 71.1 Å². The fraction of sp³-hybridized carbons (Fsp3) is 0.750. The molecule has 0 aliphatic carbocycles. The minimum absolute atomic E-state index is 0.0267. The number of esters is 1. The Morgan fingerprint density at radius 3 is 1.59 bits per heavy atom. The van der Waals surface area contributed by atoms with Crippen LogP contribution in [0.4, 0.5) is 0 Å². The fourth-order valence-corrected chi connectivity index (χ4v) is 7.08. The number of ether oxygens (including phenoxy) is 1. The van der Waals surface area contributed by atoms with E-state index in [4.69, 9.17) is 18.0 Å². The van der Waals surface area contributed by atoms with Gasteiger partial charge in [-0.2, -0.15) is 0 Å². The standard InChI is InChI=1S/C32H60O6Si3/c1-22(21-33)25(36-39(13,14)30(3,4)5)19-24-23(2)26(37-40(15,16)31(6,7)8)20-27(28(24)29(34)35-12)38-41(17,18)32(9,10)11/h20-22,25H,19H2,1-18H3/t22-,25-/m1/s1. The van der Waals surface area contributed by atoms with E-state index in [1.54, 1.807) is 0 Å². The maximum atomic E-state index is 13.5. The lowest BCUT2D eigenvalue weighted by Crippen LogP contribution is -2.47. The molecule has 0 fully saturated rings. The lowest BCUT2D eigenvalue weighted by molar-refractivity contribution is -0.113. The Bertz CT molecular complexity index is 1090. The first kappa shape index (κ1) is 37.6. The van der Waals surface area contributed by atoms with Gasteiger partial charge < -0.3 is 22.8 Å². The van der Waals surface area contributed by atoms with Gasteiger partial charge in [0.05, 0.1) is 13.2 Å². The molecule has 41 heavy (non-hydrogen) atoms. The Morgan fingerprint density at radius 2 is 1.22 bits per heavy atom. The number of hydrogen-bond donors (Lipinski definition) is 0. The van der Waals surface area contributed by atoms with Crippen molar-refractivity contribution in [2.24, 2.45) is 5.92 Å². The normalized spacial score (nSPS) is 15.3. The summed E-state index contributed by atoms with van der Waals surface area (Å²) in [6, 6.07) is 1.90. The average Bonchev–Trinajstić information content (AvgIpc) is 2.77. The number of methoxy groups -OCH3 is 1. The van der Waals surface area contributed by atoms with E-state index in [1.807, 2.05) is 19.9 Å².